The second-order valence-corrected chi connectivity index (χ2v) is 19.5. The van der Waals surface area contributed by atoms with E-state index in [1.807, 2.05) is 0 Å². The maximum Gasteiger partial charge on any atom is 0.220 e. The van der Waals surface area contributed by atoms with Crippen molar-refractivity contribution in [3.05, 3.63) is 12.2 Å². The van der Waals surface area contributed by atoms with Crippen LogP contribution in [0, 0.1) is 0 Å². The Balaban J connectivity index is 3.54. The number of aliphatic hydroxyl groups excluding tert-OH is 3. The van der Waals surface area contributed by atoms with Gasteiger partial charge >= 0.3 is 0 Å². The monoisotopic (exact) mass is 862 g/mol. The molecule has 0 heterocycles. The third-order valence-corrected chi connectivity index (χ3v) is 13.4. The molecule has 0 spiro atoms. The van der Waals surface area contributed by atoms with Gasteiger partial charge in [-0.1, -0.05) is 283 Å². The molecule has 0 aliphatic carbocycles. The highest BCUT2D eigenvalue weighted by Crippen LogP contribution is 2.18. The molecule has 0 radical (unpaired) electrons. The predicted molar refractivity (Wildman–Crippen MR) is 269 cm³/mol. The zero-order valence-corrected chi connectivity index (χ0v) is 41.6. The van der Waals surface area contributed by atoms with Crippen molar-refractivity contribution in [2.45, 2.75) is 334 Å². The zero-order valence-electron chi connectivity index (χ0n) is 41.6. The highest BCUT2D eigenvalue weighted by molar-refractivity contribution is 5.76. The van der Waals surface area contributed by atoms with Crippen molar-refractivity contribution in [2.75, 3.05) is 6.61 Å². The van der Waals surface area contributed by atoms with Crippen molar-refractivity contribution >= 4 is 5.91 Å². The summed E-state index contributed by atoms with van der Waals surface area (Å²) in [5.74, 6) is -0.147. The zero-order chi connectivity index (χ0) is 44.4. The van der Waals surface area contributed by atoms with Crippen LogP contribution >= 0.6 is 0 Å². The number of unbranched alkanes of at least 4 members (excludes halogenated alkanes) is 42. The van der Waals surface area contributed by atoms with Gasteiger partial charge in [0.25, 0.3) is 0 Å². The van der Waals surface area contributed by atoms with Gasteiger partial charge in [-0.15, -0.1) is 0 Å². The molecule has 0 aromatic heterocycles. The Morgan fingerprint density at radius 2 is 0.656 bits per heavy atom. The molecule has 0 saturated heterocycles. The molecule has 3 atom stereocenters. The first-order chi connectivity index (χ1) is 30.1. The molecule has 0 aliphatic rings. The van der Waals surface area contributed by atoms with Crippen molar-refractivity contribution in [3.63, 3.8) is 0 Å². The summed E-state index contributed by atoms with van der Waals surface area (Å²) in [6, 6.07) is -0.822. The minimum absolute atomic E-state index is 0.147. The largest absolute Gasteiger partial charge is 0.394 e. The number of hydrogen-bond acceptors (Lipinski definition) is 4. The number of rotatable bonds is 52. The normalized spacial score (nSPS) is 13.3. The second kappa shape index (κ2) is 51.7. The van der Waals surface area contributed by atoms with E-state index in [-0.39, 0.29) is 12.5 Å². The van der Waals surface area contributed by atoms with Crippen molar-refractivity contribution in [3.8, 4) is 0 Å². The Labute approximate surface area is 382 Å². The topological polar surface area (TPSA) is 89.8 Å². The first kappa shape index (κ1) is 60.1. The lowest BCUT2D eigenvalue weighted by Crippen LogP contribution is -2.50. The molecule has 4 N–H and O–H groups in total. The fraction of sp³-hybridized carbons (Fsp3) is 0.946. The summed E-state index contributed by atoms with van der Waals surface area (Å²) in [7, 11) is 0. The molecule has 5 nitrogen and oxygen atoms in total. The summed E-state index contributed by atoms with van der Waals surface area (Å²) < 4.78 is 0. The van der Waals surface area contributed by atoms with E-state index in [1.54, 1.807) is 0 Å². The molecule has 364 valence electrons. The van der Waals surface area contributed by atoms with Gasteiger partial charge < -0.3 is 20.6 Å². The average Bonchev–Trinajstić information content (AvgIpc) is 3.26. The fourth-order valence-corrected chi connectivity index (χ4v) is 9.05. The molecular formula is C56H111NO4. The van der Waals surface area contributed by atoms with E-state index in [0.717, 1.165) is 38.5 Å². The van der Waals surface area contributed by atoms with Gasteiger partial charge in [0.2, 0.25) is 5.91 Å². The lowest BCUT2D eigenvalue weighted by atomic mass is 10.0. The van der Waals surface area contributed by atoms with E-state index in [4.69, 9.17) is 0 Å². The van der Waals surface area contributed by atoms with Gasteiger partial charge in [-0.25, -0.2) is 0 Å². The van der Waals surface area contributed by atoms with E-state index in [0.29, 0.717) is 12.8 Å². The van der Waals surface area contributed by atoms with Crippen molar-refractivity contribution in [2.24, 2.45) is 0 Å². The van der Waals surface area contributed by atoms with Crippen LogP contribution in [0.5, 0.6) is 0 Å². The molecular weight excluding hydrogens is 751 g/mol. The Morgan fingerprint density at radius 1 is 0.393 bits per heavy atom. The molecule has 0 rings (SSSR count). The molecule has 0 aromatic carbocycles. The number of hydrogen-bond donors (Lipinski definition) is 4. The average molecular weight is 863 g/mol. The van der Waals surface area contributed by atoms with E-state index in [1.165, 1.54) is 250 Å². The van der Waals surface area contributed by atoms with E-state index in [9.17, 15) is 20.1 Å². The molecule has 61 heavy (non-hydrogen) atoms. The van der Waals surface area contributed by atoms with Crippen molar-refractivity contribution < 1.29 is 20.1 Å². The first-order valence-corrected chi connectivity index (χ1v) is 28.0. The van der Waals surface area contributed by atoms with Crippen LogP contribution in [-0.4, -0.2) is 46.1 Å². The quantitative estimate of drug-likeness (QED) is 0.0362. The summed E-state index contributed by atoms with van der Waals surface area (Å²) in [5.41, 5.74) is 0. The molecule has 0 fully saturated rings. The van der Waals surface area contributed by atoms with E-state index in [2.05, 4.69) is 31.3 Å². The number of amides is 1. The van der Waals surface area contributed by atoms with E-state index < -0.39 is 18.2 Å². The minimum atomic E-state index is -1.16. The second-order valence-electron chi connectivity index (χ2n) is 19.5. The third-order valence-electron chi connectivity index (χ3n) is 13.4. The van der Waals surface area contributed by atoms with Crippen LogP contribution in [0.1, 0.15) is 316 Å². The van der Waals surface area contributed by atoms with Gasteiger partial charge in [0, 0.05) is 6.42 Å². The summed E-state index contributed by atoms with van der Waals surface area (Å²) in [6.07, 6.45) is 63.7. The van der Waals surface area contributed by atoms with Gasteiger partial charge in [-0.3, -0.25) is 4.79 Å². The maximum absolute atomic E-state index is 12.5. The summed E-state index contributed by atoms with van der Waals surface area (Å²) in [4.78, 5) is 12.5. The highest BCUT2D eigenvalue weighted by atomic mass is 16.3. The van der Waals surface area contributed by atoms with Crippen LogP contribution in [-0.2, 0) is 4.79 Å². The summed E-state index contributed by atoms with van der Waals surface area (Å²) in [5, 5.41) is 33.7. The number of carbonyl (C=O) groups excluding carboxylic acids is 1. The van der Waals surface area contributed by atoms with Crippen molar-refractivity contribution in [1.29, 1.82) is 0 Å². The Kier molecular flexibility index (Phi) is 51.0. The van der Waals surface area contributed by atoms with Crippen LogP contribution in [0.25, 0.3) is 0 Å². The molecule has 3 unspecified atom stereocenters. The molecule has 0 bridgehead atoms. The third kappa shape index (κ3) is 46.9. The molecule has 0 saturated carbocycles. The molecule has 5 heteroatoms. The van der Waals surface area contributed by atoms with Crippen LogP contribution in [0.15, 0.2) is 12.2 Å². The standard InChI is InChI=1S/C56H111NO4/c1-3-5-7-9-11-13-15-17-19-21-23-25-27-29-31-33-35-37-39-41-43-45-47-49-51-55(60)57-53(52-58)56(61)54(59)50-48-46-44-42-40-38-36-34-32-30-28-26-24-22-20-18-16-14-12-10-8-6-4-2/h42,44,53-54,56,58-59,61H,3-41,43,45-52H2,1-2H3,(H,57,60)/b44-42+. The maximum atomic E-state index is 12.5. The number of carbonyl (C=O) groups is 1. The Hall–Kier alpha value is -0.910. The van der Waals surface area contributed by atoms with Crippen LogP contribution < -0.4 is 5.32 Å². The first-order valence-electron chi connectivity index (χ1n) is 28.0. The van der Waals surface area contributed by atoms with E-state index >= 15 is 0 Å². The summed E-state index contributed by atoms with van der Waals surface area (Å²) >= 11 is 0. The SMILES string of the molecule is CCCCCCCCCCCCCCCCCCCC/C=C/CCCC(O)C(O)C(CO)NC(=O)CCCCCCCCCCCCCCCCCCCCCCCCCC. The number of nitrogens with one attached hydrogen (secondary N) is 1. The van der Waals surface area contributed by atoms with Crippen LogP contribution in [0.4, 0.5) is 0 Å². The van der Waals surface area contributed by atoms with Crippen LogP contribution in [0.3, 0.4) is 0 Å². The lowest BCUT2D eigenvalue weighted by Gasteiger charge is -2.26. The van der Waals surface area contributed by atoms with Gasteiger partial charge in [0.1, 0.15) is 6.10 Å². The molecule has 0 aromatic rings. The minimum Gasteiger partial charge on any atom is -0.394 e. The fourth-order valence-electron chi connectivity index (χ4n) is 9.05. The highest BCUT2D eigenvalue weighted by Gasteiger charge is 2.26. The predicted octanol–water partition coefficient (Wildman–Crippen LogP) is 17.1. The van der Waals surface area contributed by atoms with Gasteiger partial charge in [-0.05, 0) is 38.5 Å². The number of aliphatic hydroxyl groups is 3. The van der Waals surface area contributed by atoms with Gasteiger partial charge in [-0.2, -0.15) is 0 Å². The smallest absolute Gasteiger partial charge is 0.220 e. The van der Waals surface area contributed by atoms with Crippen molar-refractivity contribution in [1.82, 2.24) is 5.32 Å². The lowest BCUT2D eigenvalue weighted by molar-refractivity contribution is -0.124. The Morgan fingerprint density at radius 3 is 0.951 bits per heavy atom. The summed E-state index contributed by atoms with van der Waals surface area (Å²) in [6.45, 7) is 4.21. The Bertz CT molecular complexity index is 864. The van der Waals surface area contributed by atoms with Gasteiger partial charge in [0.05, 0.1) is 18.8 Å². The van der Waals surface area contributed by atoms with Gasteiger partial charge in [0.15, 0.2) is 0 Å². The molecule has 1 amide bonds. The molecule has 0 aliphatic heterocycles. The van der Waals surface area contributed by atoms with Crippen LogP contribution in [0.2, 0.25) is 0 Å². The number of allylic oxidation sites excluding steroid dienone is 2.